The minimum absolute atomic E-state index is 0.00125. The van der Waals surface area contributed by atoms with Crippen LogP contribution in [0.25, 0.3) is 0 Å². The molecule has 1 heterocycles. The highest BCUT2D eigenvalue weighted by molar-refractivity contribution is 6.00. The molecule has 1 atom stereocenters. The second kappa shape index (κ2) is 7.60. The Kier molecular flexibility index (Phi) is 5.26. The van der Waals surface area contributed by atoms with Gasteiger partial charge in [-0.05, 0) is 42.3 Å². The van der Waals surface area contributed by atoms with E-state index in [4.69, 9.17) is 0 Å². The summed E-state index contributed by atoms with van der Waals surface area (Å²) in [5.74, 6) is -0.368. The average molecular weight is 351 g/mol. The van der Waals surface area contributed by atoms with Crippen LogP contribution in [0.15, 0.2) is 48.5 Å². The van der Waals surface area contributed by atoms with Gasteiger partial charge in [0, 0.05) is 45.0 Å². The largest absolute Gasteiger partial charge is 0.378 e. The maximum atomic E-state index is 12.5. The fraction of sp³-hybridized carbons (Fsp3) is 0.333. The fourth-order valence-electron chi connectivity index (χ4n) is 3.20. The van der Waals surface area contributed by atoms with Crippen molar-refractivity contribution in [1.82, 2.24) is 5.32 Å². The van der Waals surface area contributed by atoms with E-state index in [0.717, 1.165) is 22.5 Å². The van der Waals surface area contributed by atoms with Crippen molar-refractivity contribution in [2.24, 2.45) is 5.92 Å². The SMILES string of the molecule is Cc1ccccc1CNC(=O)C1CC(=O)N(c2ccc(N(C)C)cc2)C1. The summed E-state index contributed by atoms with van der Waals surface area (Å²) >= 11 is 0. The standard InChI is InChI=1S/C21H25N3O2/c1-15-6-4-5-7-16(15)13-22-21(26)17-12-20(25)24(14-17)19-10-8-18(9-11-19)23(2)3/h4-11,17H,12-14H2,1-3H3,(H,22,26). The predicted octanol–water partition coefficient (Wildman–Crippen LogP) is 2.73. The van der Waals surface area contributed by atoms with Gasteiger partial charge < -0.3 is 15.1 Å². The molecule has 1 aliphatic rings. The van der Waals surface area contributed by atoms with E-state index >= 15 is 0 Å². The van der Waals surface area contributed by atoms with E-state index in [1.165, 1.54) is 0 Å². The molecule has 1 aliphatic heterocycles. The number of anilines is 2. The van der Waals surface area contributed by atoms with Gasteiger partial charge in [0.05, 0.1) is 5.92 Å². The summed E-state index contributed by atoms with van der Waals surface area (Å²) in [4.78, 5) is 28.6. The fourth-order valence-corrected chi connectivity index (χ4v) is 3.20. The van der Waals surface area contributed by atoms with Gasteiger partial charge in [0.15, 0.2) is 0 Å². The summed E-state index contributed by atoms with van der Waals surface area (Å²) in [6.45, 7) is 2.95. The first-order valence-corrected chi connectivity index (χ1v) is 8.85. The summed E-state index contributed by atoms with van der Waals surface area (Å²) in [6.07, 6.45) is 0.259. The third kappa shape index (κ3) is 3.87. The molecule has 5 nitrogen and oxygen atoms in total. The van der Waals surface area contributed by atoms with Crippen LogP contribution in [-0.2, 0) is 16.1 Å². The first-order chi connectivity index (χ1) is 12.5. The molecule has 0 bridgehead atoms. The first-order valence-electron chi connectivity index (χ1n) is 8.85. The van der Waals surface area contributed by atoms with Crippen molar-refractivity contribution in [2.75, 3.05) is 30.4 Å². The number of amides is 2. The van der Waals surface area contributed by atoms with Gasteiger partial charge >= 0.3 is 0 Å². The summed E-state index contributed by atoms with van der Waals surface area (Å²) in [5, 5.41) is 2.97. The lowest BCUT2D eigenvalue weighted by Gasteiger charge is -2.19. The molecule has 2 amide bonds. The zero-order valence-electron chi connectivity index (χ0n) is 15.5. The van der Waals surface area contributed by atoms with E-state index in [9.17, 15) is 9.59 Å². The van der Waals surface area contributed by atoms with Gasteiger partial charge in [-0.2, -0.15) is 0 Å². The van der Waals surface area contributed by atoms with Gasteiger partial charge in [-0.1, -0.05) is 24.3 Å². The number of rotatable bonds is 5. The average Bonchev–Trinajstić information content (AvgIpc) is 3.02. The second-order valence-electron chi connectivity index (χ2n) is 6.96. The lowest BCUT2D eigenvalue weighted by atomic mass is 10.1. The smallest absolute Gasteiger partial charge is 0.227 e. The minimum atomic E-state index is -0.306. The maximum Gasteiger partial charge on any atom is 0.227 e. The molecule has 26 heavy (non-hydrogen) atoms. The number of carbonyl (C=O) groups excluding carboxylic acids is 2. The number of nitrogens with zero attached hydrogens (tertiary/aromatic N) is 2. The van der Waals surface area contributed by atoms with Gasteiger partial charge in [-0.15, -0.1) is 0 Å². The lowest BCUT2D eigenvalue weighted by Crippen LogP contribution is -2.32. The van der Waals surface area contributed by atoms with Crippen LogP contribution >= 0.6 is 0 Å². The lowest BCUT2D eigenvalue weighted by molar-refractivity contribution is -0.126. The molecule has 2 aromatic carbocycles. The van der Waals surface area contributed by atoms with Gasteiger partial charge in [0.25, 0.3) is 0 Å². The van der Waals surface area contributed by atoms with Crippen LogP contribution in [-0.4, -0.2) is 32.5 Å². The van der Waals surface area contributed by atoms with E-state index in [1.807, 2.05) is 74.4 Å². The topological polar surface area (TPSA) is 52.7 Å². The van der Waals surface area contributed by atoms with Crippen LogP contribution in [0.3, 0.4) is 0 Å². The Bertz CT molecular complexity index is 799. The molecule has 0 radical (unpaired) electrons. The highest BCUT2D eigenvalue weighted by Gasteiger charge is 2.35. The van der Waals surface area contributed by atoms with Crippen molar-refractivity contribution in [1.29, 1.82) is 0 Å². The Morgan fingerprint density at radius 3 is 2.50 bits per heavy atom. The molecular weight excluding hydrogens is 326 g/mol. The molecule has 0 aromatic heterocycles. The first kappa shape index (κ1) is 18.0. The van der Waals surface area contributed by atoms with E-state index in [1.54, 1.807) is 4.90 Å². The zero-order chi connectivity index (χ0) is 18.7. The van der Waals surface area contributed by atoms with Crippen molar-refractivity contribution in [3.05, 3.63) is 59.7 Å². The molecule has 3 rings (SSSR count). The van der Waals surface area contributed by atoms with Gasteiger partial charge in [0.2, 0.25) is 11.8 Å². The predicted molar refractivity (Wildman–Crippen MR) is 104 cm³/mol. The van der Waals surface area contributed by atoms with Crippen LogP contribution in [0.5, 0.6) is 0 Å². The Hall–Kier alpha value is -2.82. The molecule has 1 unspecified atom stereocenters. The summed E-state index contributed by atoms with van der Waals surface area (Å²) in [7, 11) is 3.95. The van der Waals surface area contributed by atoms with Crippen LogP contribution in [0.2, 0.25) is 0 Å². The summed E-state index contributed by atoms with van der Waals surface area (Å²) in [5.41, 5.74) is 4.17. The van der Waals surface area contributed by atoms with Crippen molar-refractivity contribution < 1.29 is 9.59 Å². The quantitative estimate of drug-likeness (QED) is 0.901. The minimum Gasteiger partial charge on any atom is -0.378 e. The summed E-state index contributed by atoms with van der Waals surface area (Å²) in [6, 6.07) is 15.8. The van der Waals surface area contributed by atoms with E-state index in [2.05, 4.69) is 5.32 Å². The molecule has 0 aliphatic carbocycles. The Balaban J connectivity index is 1.61. The summed E-state index contributed by atoms with van der Waals surface area (Å²) < 4.78 is 0. The number of hydrogen-bond acceptors (Lipinski definition) is 3. The molecule has 1 N–H and O–H groups in total. The third-order valence-electron chi connectivity index (χ3n) is 4.89. The molecule has 0 saturated carbocycles. The number of benzene rings is 2. The zero-order valence-corrected chi connectivity index (χ0v) is 15.5. The maximum absolute atomic E-state index is 12.5. The second-order valence-corrected chi connectivity index (χ2v) is 6.96. The number of aryl methyl sites for hydroxylation is 1. The van der Waals surface area contributed by atoms with E-state index < -0.39 is 0 Å². The van der Waals surface area contributed by atoms with Crippen molar-refractivity contribution in [2.45, 2.75) is 19.9 Å². The van der Waals surface area contributed by atoms with Gasteiger partial charge in [-0.25, -0.2) is 0 Å². The molecule has 1 fully saturated rings. The normalized spacial score (nSPS) is 16.7. The highest BCUT2D eigenvalue weighted by atomic mass is 16.2. The Morgan fingerprint density at radius 1 is 1.15 bits per heavy atom. The number of nitrogens with one attached hydrogen (secondary N) is 1. The van der Waals surface area contributed by atoms with Crippen molar-refractivity contribution in [3.8, 4) is 0 Å². The molecule has 0 spiro atoms. The van der Waals surface area contributed by atoms with Crippen LogP contribution < -0.4 is 15.1 Å². The molecule has 2 aromatic rings. The van der Waals surface area contributed by atoms with E-state index in [0.29, 0.717) is 13.1 Å². The Labute approximate surface area is 154 Å². The van der Waals surface area contributed by atoms with Crippen LogP contribution in [0.4, 0.5) is 11.4 Å². The molecule has 136 valence electrons. The van der Waals surface area contributed by atoms with Gasteiger partial charge in [0.1, 0.15) is 0 Å². The van der Waals surface area contributed by atoms with Crippen LogP contribution in [0, 0.1) is 12.8 Å². The van der Waals surface area contributed by atoms with Crippen LogP contribution in [0.1, 0.15) is 17.5 Å². The number of carbonyl (C=O) groups is 2. The van der Waals surface area contributed by atoms with Crippen molar-refractivity contribution in [3.63, 3.8) is 0 Å². The van der Waals surface area contributed by atoms with Crippen molar-refractivity contribution >= 4 is 23.2 Å². The highest BCUT2D eigenvalue weighted by Crippen LogP contribution is 2.27. The van der Waals surface area contributed by atoms with E-state index in [-0.39, 0.29) is 24.2 Å². The number of hydrogen-bond donors (Lipinski definition) is 1. The monoisotopic (exact) mass is 351 g/mol. The molecule has 5 heteroatoms. The van der Waals surface area contributed by atoms with Gasteiger partial charge in [-0.3, -0.25) is 9.59 Å². The Morgan fingerprint density at radius 2 is 1.85 bits per heavy atom. The molecule has 1 saturated heterocycles. The third-order valence-corrected chi connectivity index (χ3v) is 4.89. The molecular formula is C21H25N3O2.